The van der Waals surface area contributed by atoms with Gasteiger partial charge in [0.1, 0.15) is 22.9 Å². The number of anilines is 1. The van der Waals surface area contributed by atoms with E-state index in [2.05, 4.69) is 5.32 Å². The van der Waals surface area contributed by atoms with E-state index < -0.39 is 6.10 Å². The molecule has 34 heavy (non-hydrogen) atoms. The van der Waals surface area contributed by atoms with Crippen LogP contribution in [0.25, 0.3) is 0 Å². The standard InChI is InChI=1S/C28H21ClN2O3/c29-19-11-13-20(14-12-19)30-17-23-27(18-9-15-21(32)16-10-18)31-24-6-2-4-8-26(24)34-28(23)22-5-1-3-7-25(22)33/h1-17,28,30,32-33H/b23-17+. The molecule has 0 saturated carbocycles. The second-order valence-electron chi connectivity index (χ2n) is 7.78. The highest BCUT2D eigenvalue weighted by Crippen LogP contribution is 2.42. The molecule has 0 amide bonds. The Hall–Kier alpha value is -4.22. The summed E-state index contributed by atoms with van der Waals surface area (Å²) in [6.07, 6.45) is 1.18. The minimum atomic E-state index is -0.655. The molecule has 5 rings (SSSR count). The first kappa shape index (κ1) is 21.6. The fraction of sp³-hybridized carbons (Fsp3) is 0.0357. The van der Waals surface area contributed by atoms with E-state index in [1.807, 2.05) is 54.7 Å². The Kier molecular flexibility index (Phi) is 5.93. The van der Waals surface area contributed by atoms with Crippen LogP contribution in [0.4, 0.5) is 11.4 Å². The third kappa shape index (κ3) is 4.47. The van der Waals surface area contributed by atoms with Crippen molar-refractivity contribution in [3.63, 3.8) is 0 Å². The number of ether oxygens (including phenoxy) is 1. The molecule has 1 unspecified atom stereocenters. The number of phenolic OH excluding ortho intramolecular Hbond substituents is 2. The van der Waals surface area contributed by atoms with Gasteiger partial charge in [0, 0.05) is 33.6 Å². The molecule has 4 aromatic carbocycles. The number of rotatable bonds is 4. The zero-order valence-electron chi connectivity index (χ0n) is 18.0. The van der Waals surface area contributed by atoms with Gasteiger partial charge in [0.05, 0.1) is 5.71 Å². The van der Waals surface area contributed by atoms with E-state index >= 15 is 0 Å². The molecular weight excluding hydrogens is 448 g/mol. The van der Waals surface area contributed by atoms with Crippen molar-refractivity contribution in [3.05, 3.63) is 125 Å². The van der Waals surface area contributed by atoms with Crippen molar-refractivity contribution < 1.29 is 14.9 Å². The van der Waals surface area contributed by atoms with E-state index in [1.165, 1.54) is 0 Å². The predicted molar refractivity (Wildman–Crippen MR) is 135 cm³/mol. The lowest BCUT2D eigenvalue weighted by Crippen LogP contribution is -2.18. The van der Waals surface area contributed by atoms with Crippen LogP contribution in [0.3, 0.4) is 0 Å². The van der Waals surface area contributed by atoms with Crippen LogP contribution < -0.4 is 10.1 Å². The monoisotopic (exact) mass is 468 g/mol. The van der Waals surface area contributed by atoms with Gasteiger partial charge in [-0.2, -0.15) is 0 Å². The Bertz CT molecular complexity index is 1380. The first-order chi connectivity index (χ1) is 16.6. The van der Waals surface area contributed by atoms with Crippen LogP contribution in [0.5, 0.6) is 17.2 Å². The van der Waals surface area contributed by atoms with Crippen molar-refractivity contribution in [2.45, 2.75) is 6.10 Å². The number of nitrogens with one attached hydrogen (secondary N) is 1. The lowest BCUT2D eigenvalue weighted by Gasteiger charge is -2.23. The number of aliphatic imine (C=N–C) groups is 1. The molecule has 0 fully saturated rings. The van der Waals surface area contributed by atoms with Gasteiger partial charge in [-0.05, 0) is 66.7 Å². The number of hydrogen-bond acceptors (Lipinski definition) is 5. The number of nitrogens with zero attached hydrogens (tertiary/aromatic N) is 1. The van der Waals surface area contributed by atoms with E-state index in [0.717, 1.165) is 11.3 Å². The lowest BCUT2D eigenvalue weighted by atomic mass is 9.93. The second-order valence-corrected chi connectivity index (χ2v) is 8.22. The van der Waals surface area contributed by atoms with Gasteiger partial charge in [-0.3, -0.25) is 0 Å². The highest BCUT2D eigenvalue weighted by molar-refractivity contribution is 6.30. The van der Waals surface area contributed by atoms with Crippen molar-refractivity contribution in [1.82, 2.24) is 0 Å². The Morgan fingerprint density at radius 2 is 1.53 bits per heavy atom. The van der Waals surface area contributed by atoms with Crippen LogP contribution >= 0.6 is 11.6 Å². The van der Waals surface area contributed by atoms with Gasteiger partial charge in [0.2, 0.25) is 0 Å². The van der Waals surface area contributed by atoms with Gasteiger partial charge in [-0.25, -0.2) is 4.99 Å². The van der Waals surface area contributed by atoms with E-state index in [9.17, 15) is 10.2 Å². The molecule has 0 radical (unpaired) electrons. The maximum atomic E-state index is 10.7. The summed E-state index contributed by atoms with van der Waals surface area (Å²) < 4.78 is 6.47. The molecule has 1 atom stereocenters. The predicted octanol–water partition coefficient (Wildman–Crippen LogP) is 7.00. The summed E-state index contributed by atoms with van der Waals surface area (Å²) in [7, 11) is 0. The molecule has 0 spiro atoms. The Balaban J connectivity index is 1.71. The van der Waals surface area contributed by atoms with Gasteiger partial charge in [0.15, 0.2) is 6.10 Å². The molecule has 5 nitrogen and oxygen atoms in total. The van der Waals surface area contributed by atoms with E-state index in [1.54, 1.807) is 48.5 Å². The molecule has 1 aliphatic heterocycles. The van der Waals surface area contributed by atoms with Gasteiger partial charge >= 0.3 is 0 Å². The summed E-state index contributed by atoms with van der Waals surface area (Å²) in [6.45, 7) is 0. The summed E-state index contributed by atoms with van der Waals surface area (Å²) in [5, 5.41) is 24.5. The topological polar surface area (TPSA) is 74.1 Å². The zero-order chi connectivity index (χ0) is 23.5. The third-order valence-corrected chi connectivity index (χ3v) is 5.75. The summed E-state index contributed by atoms with van der Waals surface area (Å²) in [4.78, 5) is 4.95. The zero-order valence-corrected chi connectivity index (χ0v) is 18.8. The Labute approximate surface area is 202 Å². The molecule has 1 aliphatic rings. The molecule has 0 saturated heterocycles. The van der Waals surface area contributed by atoms with Crippen LogP contribution in [0.2, 0.25) is 5.02 Å². The summed E-state index contributed by atoms with van der Waals surface area (Å²) in [5.41, 5.74) is 4.26. The minimum Gasteiger partial charge on any atom is -0.508 e. The molecule has 0 aliphatic carbocycles. The smallest absolute Gasteiger partial charge is 0.156 e. The van der Waals surface area contributed by atoms with E-state index in [-0.39, 0.29) is 11.5 Å². The molecule has 1 heterocycles. The van der Waals surface area contributed by atoms with Crippen LogP contribution in [-0.4, -0.2) is 15.9 Å². The Morgan fingerprint density at radius 1 is 0.824 bits per heavy atom. The lowest BCUT2D eigenvalue weighted by molar-refractivity contribution is 0.246. The largest absolute Gasteiger partial charge is 0.508 e. The van der Waals surface area contributed by atoms with Crippen molar-refractivity contribution in [2.75, 3.05) is 5.32 Å². The third-order valence-electron chi connectivity index (χ3n) is 5.50. The van der Waals surface area contributed by atoms with Crippen molar-refractivity contribution in [3.8, 4) is 17.2 Å². The van der Waals surface area contributed by atoms with Crippen LogP contribution in [0, 0.1) is 0 Å². The molecule has 6 heteroatoms. The molecule has 4 aromatic rings. The molecular formula is C28H21ClN2O3. The summed E-state index contributed by atoms with van der Waals surface area (Å²) in [5.74, 6) is 0.882. The van der Waals surface area contributed by atoms with E-state index in [4.69, 9.17) is 21.3 Å². The second kappa shape index (κ2) is 9.33. The number of halogens is 1. The highest BCUT2D eigenvalue weighted by atomic mass is 35.5. The maximum Gasteiger partial charge on any atom is 0.156 e. The highest BCUT2D eigenvalue weighted by Gasteiger charge is 2.30. The average molecular weight is 469 g/mol. The number of phenols is 2. The quantitative estimate of drug-likeness (QED) is 0.301. The van der Waals surface area contributed by atoms with Crippen LogP contribution in [-0.2, 0) is 0 Å². The normalized spacial score (nSPS) is 16.2. The van der Waals surface area contributed by atoms with Gasteiger partial charge in [0.25, 0.3) is 0 Å². The first-order valence-corrected chi connectivity index (χ1v) is 11.1. The number of aromatic hydroxyl groups is 2. The first-order valence-electron chi connectivity index (χ1n) is 10.7. The molecule has 0 aromatic heterocycles. The van der Waals surface area contributed by atoms with Gasteiger partial charge < -0.3 is 20.3 Å². The van der Waals surface area contributed by atoms with Crippen molar-refractivity contribution >= 4 is 28.7 Å². The number of fused-ring (bicyclic) bond motifs is 1. The maximum absolute atomic E-state index is 10.7. The molecule has 0 bridgehead atoms. The number of benzene rings is 4. The number of hydrogen-bond donors (Lipinski definition) is 3. The molecule has 168 valence electrons. The van der Waals surface area contributed by atoms with Gasteiger partial charge in [-0.1, -0.05) is 41.9 Å². The SMILES string of the molecule is Oc1ccc(C2=Nc3ccccc3OC(c3ccccc3O)/C2=C/Nc2ccc(Cl)cc2)cc1. The Morgan fingerprint density at radius 3 is 2.29 bits per heavy atom. The summed E-state index contributed by atoms with van der Waals surface area (Å²) in [6, 6.07) is 28.8. The van der Waals surface area contributed by atoms with Crippen molar-refractivity contribution in [2.24, 2.45) is 4.99 Å². The minimum absolute atomic E-state index is 0.120. The fourth-order valence-electron chi connectivity index (χ4n) is 3.79. The van der Waals surface area contributed by atoms with E-state index in [0.29, 0.717) is 33.3 Å². The number of para-hydroxylation sites is 3. The molecule has 3 N–H and O–H groups in total. The summed E-state index contributed by atoms with van der Waals surface area (Å²) >= 11 is 6.04. The van der Waals surface area contributed by atoms with Crippen molar-refractivity contribution in [1.29, 1.82) is 0 Å². The average Bonchev–Trinajstić information content (AvgIpc) is 3.01. The fourth-order valence-corrected chi connectivity index (χ4v) is 3.92. The van der Waals surface area contributed by atoms with Crippen LogP contribution in [0.15, 0.2) is 114 Å². The van der Waals surface area contributed by atoms with Crippen LogP contribution in [0.1, 0.15) is 17.2 Å². The van der Waals surface area contributed by atoms with Gasteiger partial charge in [-0.15, -0.1) is 0 Å².